The Bertz CT molecular complexity index is 686. The number of nitrogens with one attached hydrogen (secondary N) is 2. The maximum atomic E-state index is 12.4. The highest BCUT2D eigenvalue weighted by atomic mass is 79.9. The second kappa shape index (κ2) is 7.75. The molecule has 0 aliphatic heterocycles. The van der Waals surface area contributed by atoms with Crippen molar-refractivity contribution in [3.05, 3.63) is 64.1 Å². The first-order chi connectivity index (χ1) is 10.6. The molecule has 0 saturated carbocycles. The fourth-order valence-corrected chi connectivity index (χ4v) is 2.42. The number of amides is 2. The predicted molar refractivity (Wildman–Crippen MR) is 91.2 cm³/mol. The van der Waals surface area contributed by atoms with Crippen molar-refractivity contribution < 1.29 is 9.59 Å². The van der Waals surface area contributed by atoms with Gasteiger partial charge in [0.2, 0.25) is 0 Å². The Morgan fingerprint density at radius 2 is 1.59 bits per heavy atom. The van der Waals surface area contributed by atoms with E-state index in [0.717, 1.165) is 6.42 Å². The monoisotopic (exact) mass is 360 g/mol. The van der Waals surface area contributed by atoms with Crippen molar-refractivity contribution >= 4 is 33.4 Å². The lowest BCUT2D eigenvalue weighted by Gasteiger charge is -2.11. The Hall–Kier alpha value is -2.14. The third-order valence-electron chi connectivity index (χ3n) is 3.07. The van der Waals surface area contributed by atoms with Crippen molar-refractivity contribution in [3.8, 4) is 0 Å². The molecule has 0 fully saturated rings. The number of hydrogen-bond acceptors (Lipinski definition) is 2. The Morgan fingerprint density at radius 3 is 2.27 bits per heavy atom. The van der Waals surface area contributed by atoms with Crippen LogP contribution in [0.15, 0.2) is 53.0 Å². The van der Waals surface area contributed by atoms with Gasteiger partial charge in [-0.15, -0.1) is 0 Å². The van der Waals surface area contributed by atoms with Crippen LogP contribution in [0.1, 0.15) is 34.1 Å². The van der Waals surface area contributed by atoms with Gasteiger partial charge in [-0.25, -0.2) is 0 Å². The Kier molecular flexibility index (Phi) is 5.72. The van der Waals surface area contributed by atoms with Crippen LogP contribution >= 0.6 is 15.9 Å². The molecule has 0 heterocycles. The van der Waals surface area contributed by atoms with E-state index in [2.05, 4.69) is 26.6 Å². The van der Waals surface area contributed by atoms with Crippen LogP contribution in [0, 0.1) is 0 Å². The fraction of sp³-hybridized carbons (Fsp3) is 0.176. The molecule has 0 atom stereocenters. The molecular weight excluding hydrogens is 344 g/mol. The number of para-hydroxylation sites is 1. The summed E-state index contributed by atoms with van der Waals surface area (Å²) in [6, 6.07) is 14.1. The van der Waals surface area contributed by atoms with Gasteiger partial charge in [0.15, 0.2) is 0 Å². The number of rotatable bonds is 5. The van der Waals surface area contributed by atoms with Gasteiger partial charge >= 0.3 is 0 Å². The summed E-state index contributed by atoms with van der Waals surface area (Å²) in [7, 11) is 0. The van der Waals surface area contributed by atoms with Crippen LogP contribution in [0.2, 0.25) is 0 Å². The zero-order valence-corrected chi connectivity index (χ0v) is 13.8. The third-order valence-corrected chi connectivity index (χ3v) is 3.77. The molecule has 0 aliphatic carbocycles. The fourth-order valence-electron chi connectivity index (χ4n) is 1.96. The molecule has 2 rings (SSSR count). The molecule has 0 saturated heterocycles. The summed E-state index contributed by atoms with van der Waals surface area (Å²) in [6.45, 7) is 2.59. The first-order valence-corrected chi connectivity index (χ1v) is 7.86. The van der Waals surface area contributed by atoms with Gasteiger partial charge in [-0.3, -0.25) is 9.59 Å². The topological polar surface area (TPSA) is 58.2 Å². The summed E-state index contributed by atoms with van der Waals surface area (Å²) < 4.78 is 0.709. The normalized spacial score (nSPS) is 10.1. The lowest BCUT2D eigenvalue weighted by molar-refractivity contribution is 0.0954. The van der Waals surface area contributed by atoms with Gasteiger partial charge in [0.05, 0.1) is 16.8 Å². The molecule has 4 nitrogen and oxygen atoms in total. The van der Waals surface area contributed by atoms with Crippen LogP contribution in [0.25, 0.3) is 0 Å². The van der Waals surface area contributed by atoms with Crippen molar-refractivity contribution in [1.29, 1.82) is 0 Å². The zero-order valence-electron chi connectivity index (χ0n) is 12.2. The Labute approximate surface area is 138 Å². The van der Waals surface area contributed by atoms with Crippen LogP contribution in [0.5, 0.6) is 0 Å². The molecule has 0 radical (unpaired) electrons. The van der Waals surface area contributed by atoms with Gasteiger partial charge in [0, 0.05) is 11.0 Å². The minimum Gasteiger partial charge on any atom is -0.352 e. The second-order valence-electron chi connectivity index (χ2n) is 4.74. The van der Waals surface area contributed by atoms with E-state index in [0.29, 0.717) is 27.8 Å². The third kappa shape index (κ3) is 3.95. The smallest absolute Gasteiger partial charge is 0.256 e. The Morgan fingerprint density at radius 1 is 0.955 bits per heavy atom. The van der Waals surface area contributed by atoms with Crippen LogP contribution < -0.4 is 10.6 Å². The molecule has 0 aliphatic rings. The molecule has 2 amide bonds. The van der Waals surface area contributed by atoms with Gasteiger partial charge in [0.25, 0.3) is 11.8 Å². The SMILES string of the molecule is CCCNC(=O)c1ccccc1NC(=O)c1ccccc1Br. The van der Waals surface area contributed by atoms with Crippen molar-refractivity contribution in [2.45, 2.75) is 13.3 Å². The lowest BCUT2D eigenvalue weighted by atomic mass is 10.1. The molecule has 5 heteroatoms. The maximum absolute atomic E-state index is 12.4. The maximum Gasteiger partial charge on any atom is 0.256 e. The standard InChI is InChI=1S/C17H17BrN2O2/c1-2-11-19-16(21)13-8-4-6-10-15(13)20-17(22)12-7-3-5-9-14(12)18/h3-10H,2,11H2,1H3,(H,19,21)(H,20,22). The summed E-state index contributed by atoms with van der Waals surface area (Å²) in [4.78, 5) is 24.5. The summed E-state index contributed by atoms with van der Waals surface area (Å²) in [5.41, 5.74) is 1.47. The molecule has 22 heavy (non-hydrogen) atoms. The molecule has 0 unspecified atom stereocenters. The van der Waals surface area contributed by atoms with E-state index < -0.39 is 0 Å². The van der Waals surface area contributed by atoms with Crippen molar-refractivity contribution in [2.75, 3.05) is 11.9 Å². The van der Waals surface area contributed by atoms with Crippen molar-refractivity contribution in [2.24, 2.45) is 0 Å². The average Bonchev–Trinajstić information content (AvgIpc) is 2.53. The minimum atomic E-state index is -0.261. The number of anilines is 1. The number of hydrogen-bond donors (Lipinski definition) is 2. The van der Waals surface area contributed by atoms with E-state index in [1.807, 2.05) is 13.0 Å². The molecule has 0 bridgehead atoms. The highest BCUT2D eigenvalue weighted by Crippen LogP contribution is 2.20. The Balaban J connectivity index is 2.21. The average molecular weight is 361 g/mol. The second-order valence-corrected chi connectivity index (χ2v) is 5.59. The molecule has 2 N–H and O–H groups in total. The van der Waals surface area contributed by atoms with Crippen LogP contribution in [-0.2, 0) is 0 Å². The van der Waals surface area contributed by atoms with Gasteiger partial charge in [-0.05, 0) is 46.6 Å². The van der Waals surface area contributed by atoms with E-state index in [9.17, 15) is 9.59 Å². The number of carbonyl (C=O) groups is 2. The first-order valence-electron chi connectivity index (χ1n) is 7.06. The zero-order chi connectivity index (χ0) is 15.9. The van der Waals surface area contributed by atoms with Crippen LogP contribution in [0.4, 0.5) is 5.69 Å². The predicted octanol–water partition coefficient (Wildman–Crippen LogP) is 3.84. The summed E-state index contributed by atoms with van der Waals surface area (Å²) in [6.07, 6.45) is 0.858. The summed E-state index contributed by atoms with van der Waals surface area (Å²) >= 11 is 3.35. The number of carbonyl (C=O) groups excluding carboxylic acids is 2. The molecule has 114 valence electrons. The minimum absolute atomic E-state index is 0.190. The van der Waals surface area contributed by atoms with Crippen LogP contribution in [-0.4, -0.2) is 18.4 Å². The van der Waals surface area contributed by atoms with Crippen molar-refractivity contribution in [3.63, 3.8) is 0 Å². The van der Waals surface area contributed by atoms with Crippen molar-refractivity contribution in [1.82, 2.24) is 5.32 Å². The van der Waals surface area contributed by atoms with E-state index in [4.69, 9.17) is 0 Å². The number of benzene rings is 2. The summed E-state index contributed by atoms with van der Waals surface area (Å²) in [5, 5.41) is 5.61. The molecule has 2 aromatic carbocycles. The van der Waals surface area contributed by atoms with E-state index in [1.54, 1.807) is 42.5 Å². The van der Waals surface area contributed by atoms with Gasteiger partial charge in [-0.2, -0.15) is 0 Å². The van der Waals surface area contributed by atoms with Gasteiger partial charge < -0.3 is 10.6 Å². The highest BCUT2D eigenvalue weighted by Gasteiger charge is 2.14. The first kappa shape index (κ1) is 16.2. The molecule has 0 spiro atoms. The number of halogens is 1. The largest absolute Gasteiger partial charge is 0.352 e. The molecular formula is C17H17BrN2O2. The van der Waals surface area contributed by atoms with E-state index >= 15 is 0 Å². The van der Waals surface area contributed by atoms with Crippen LogP contribution in [0.3, 0.4) is 0 Å². The quantitative estimate of drug-likeness (QED) is 0.850. The van der Waals surface area contributed by atoms with Gasteiger partial charge in [-0.1, -0.05) is 31.2 Å². The van der Waals surface area contributed by atoms with E-state index in [1.165, 1.54) is 0 Å². The highest BCUT2D eigenvalue weighted by molar-refractivity contribution is 9.10. The van der Waals surface area contributed by atoms with Gasteiger partial charge in [0.1, 0.15) is 0 Å². The molecule has 2 aromatic rings. The summed E-state index contributed by atoms with van der Waals surface area (Å²) in [5.74, 6) is -0.451. The lowest BCUT2D eigenvalue weighted by Crippen LogP contribution is -2.25. The molecule has 0 aromatic heterocycles. The van der Waals surface area contributed by atoms with E-state index in [-0.39, 0.29) is 11.8 Å².